The molecule has 0 aromatic heterocycles. The van der Waals surface area contributed by atoms with Crippen LogP contribution in [0.4, 0.5) is 5.69 Å². The molecule has 1 aromatic rings. The number of nitrogens with one attached hydrogen (secondary N) is 2. The molecule has 0 unspecified atom stereocenters. The normalized spacial score (nSPS) is 27.9. The molecule has 2 saturated carbocycles. The van der Waals surface area contributed by atoms with Gasteiger partial charge in [-0.25, -0.2) is 13.1 Å². The zero-order valence-corrected chi connectivity index (χ0v) is 18.2. The lowest BCUT2D eigenvalue weighted by atomic mass is 9.84. The van der Waals surface area contributed by atoms with Crippen molar-refractivity contribution < 1.29 is 8.42 Å². The molecule has 0 saturated heterocycles. The van der Waals surface area contributed by atoms with E-state index in [0.29, 0.717) is 0 Å². The highest BCUT2D eigenvalue weighted by atomic mass is 32.2. The van der Waals surface area contributed by atoms with Gasteiger partial charge in [0.25, 0.3) is 0 Å². The molecule has 0 atom stereocenters. The van der Waals surface area contributed by atoms with Gasteiger partial charge in [0.1, 0.15) is 0 Å². The fraction of sp³-hybridized carbons (Fsp3) is 0.727. The van der Waals surface area contributed by atoms with E-state index in [1.807, 2.05) is 0 Å². The van der Waals surface area contributed by atoms with Crippen molar-refractivity contribution >= 4 is 15.7 Å². The largest absolute Gasteiger partial charge is 0.384 e. The van der Waals surface area contributed by atoms with Gasteiger partial charge in [0.15, 0.2) is 0 Å². The Morgan fingerprint density at radius 1 is 1.04 bits per heavy atom. The lowest BCUT2D eigenvalue weighted by molar-refractivity contribution is 0.310. The van der Waals surface area contributed by atoms with Gasteiger partial charge in [0.2, 0.25) is 10.0 Å². The number of fused-ring (bicyclic) bond motifs is 2. The maximum atomic E-state index is 12.7. The summed E-state index contributed by atoms with van der Waals surface area (Å²) in [7, 11) is -3.30. The molecule has 5 heteroatoms. The van der Waals surface area contributed by atoms with Gasteiger partial charge in [-0.05, 0) is 88.8 Å². The number of hydrogen-bond acceptors (Lipinski definition) is 3. The summed E-state index contributed by atoms with van der Waals surface area (Å²) in [4.78, 5) is 0. The molecular formula is C22H36N2O2S. The highest BCUT2D eigenvalue weighted by Gasteiger charge is 2.56. The molecule has 27 heavy (non-hydrogen) atoms. The van der Waals surface area contributed by atoms with E-state index < -0.39 is 14.8 Å². The Morgan fingerprint density at radius 2 is 1.67 bits per heavy atom. The molecule has 3 rings (SSSR count). The second kappa shape index (κ2) is 7.40. The summed E-state index contributed by atoms with van der Waals surface area (Å²) in [5, 5.41) is 3.62. The quantitative estimate of drug-likeness (QED) is 0.664. The highest BCUT2D eigenvalue weighted by molar-refractivity contribution is 7.90. The van der Waals surface area contributed by atoms with Crippen LogP contribution in [0.3, 0.4) is 0 Å². The topological polar surface area (TPSA) is 58.2 Å². The Kier molecular flexibility index (Phi) is 5.66. The van der Waals surface area contributed by atoms with Gasteiger partial charge in [-0.2, -0.15) is 0 Å². The van der Waals surface area contributed by atoms with E-state index in [1.165, 1.54) is 24.1 Å². The molecule has 152 valence electrons. The maximum Gasteiger partial charge on any atom is 0.217 e. The lowest BCUT2D eigenvalue weighted by Crippen LogP contribution is -2.51. The van der Waals surface area contributed by atoms with Crippen molar-refractivity contribution in [3.8, 4) is 0 Å². The van der Waals surface area contributed by atoms with Gasteiger partial charge in [-0.1, -0.05) is 25.5 Å². The molecule has 4 nitrogen and oxygen atoms in total. The second-order valence-electron chi connectivity index (χ2n) is 9.83. The molecule has 0 spiro atoms. The summed E-state index contributed by atoms with van der Waals surface area (Å²) in [5.41, 5.74) is 2.57. The minimum atomic E-state index is -3.30. The van der Waals surface area contributed by atoms with E-state index >= 15 is 0 Å². The number of unbranched alkanes of at least 4 members (excludes halogenated alkanes) is 1. The molecule has 1 aromatic carbocycles. The first-order valence-electron chi connectivity index (χ1n) is 10.5. The minimum Gasteiger partial charge on any atom is -0.384 e. The van der Waals surface area contributed by atoms with Crippen LogP contribution < -0.4 is 10.0 Å². The Balaban J connectivity index is 1.58. The van der Waals surface area contributed by atoms with Crippen LogP contribution >= 0.6 is 0 Å². The van der Waals surface area contributed by atoms with E-state index in [-0.39, 0.29) is 11.0 Å². The zero-order chi connectivity index (χ0) is 19.8. The minimum absolute atomic E-state index is 0.223. The number of hydrogen-bond donors (Lipinski definition) is 2. The monoisotopic (exact) mass is 392 g/mol. The van der Waals surface area contributed by atoms with Gasteiger partial charge in [0.05, 0.1) is 4.75 Å². The third-order valence-electron chi connectivity index (χ3n) is 6.58. The van der Waals surface area contributed by atoms with Crippen molar-refractivity contribution in [1.82, 2.24) is 4.72 Å². The van der Waals surface area contributed by atoms with Crippen molar-refractivity contribution in [2.24, 2.45) is 5.41 Å². The van der Waals surface area contributed by atoms with Crippen molar-refractivity contribution in [3.05, 3.63) is 29.8 Å². The average molecular weight is 393 g/mol. The number of anilines is 1. The molecule has 0 heterocycles. The van der Waals surface area contributed by atoms with Crippen LogP contribution in [-0.4, -0.2) is 25.2 Å². The second-order valence-corrected chi connectivity index (χ2v) is 12.3. The van der Waals surface area contributed by atoms with Gasteiger partial charge in [-0.15, -0.1) is 0 Å². The molecule has 0 amide bonds. The number of aryl methyl sites for hydroxylation is 1. The van der Waals surface area contributed by atoms with E-state index in [4.69, 9.17) is 0 Å². The van der Waals surface area contributed by atoms with Crippen molar-refractivity contribution in [2.45, 2.75) is 89.3 Å². The Bertz CT molecular complexity index is 740. The predicted octanol–water partition coefficient (Wildman–Crippen LogP) is 4.86. The molecule has 2 bridgehead atoms. The lowest BCUT2D eigenvalue weighted by Gasteiger charge is -2.32. The van der Waals surface area contributed by atoms with Crippen LogP contribution in [0, 0.1) is 5.41 Å². The fourth-order valence-electron chi connectivity index (χ4n) is 4.61. The van der Waals surface area contributed by atoms with E-state index in [0.717, 1.165) is 45.1 Å². The van der Waals surface area contributed by atoms with Gasteiger partial charge < -0.3 is 5.32 Å². The van der Waals surface area contributed by atoms with Gasteiger partial charge in [-0.3, -0.25) is 0 Å². The zero-order valence-electron chi connectivity index (χ0n) is 17.4. The molecule has 2 fully saturated rings. The van der Waals surface area contributed by atoms with Crippen LogP contribution in [0.15, 0.2) is 24.3 Å². The van der Waals surface area contributed by atoms with E-state index in [2.05, 4.69) is 41.2 Å². The molecular weight excluding hydrogens is 356 g/mol. The van der Waals surface area contributed by atoms with Crippen LogP contribution in [0.1, 0.15) is 78.2 Å². The molecule has 2 aliphatic carbocycles. The molecule has 2 N–H and O–H groups in total. The van der Waals surface area contributed by atoms with Crippen LogP contribution in [-0.2, 0) is 16.4 Å². The van der Waals surface area contributed by atoms with Crippen molar-refractivity contribution in [2.75, 3.05) is 11.9 Å². The van der Waals surface area contributed by atoms with E-state index in [1.54, 1.807) is 20.8 Å². The Labute approximate surface area is 165 Å². The third-order valence-corrected chi connectivity index (χ3v) is 8.89. The van der Waals surface area contributed by atoms with Crippen molar-refractivity contribution in [1.29, 1.82) is 0 Å². The number of rotatable bonds is 8. The third kappa shape index (κ3) is 4.51. The summed E-state index contributed by atoms with van der Waals surface area (Å²) in [6.45, 7) is 8.47. The summed E-state index contributed by atoms with van der Waals surface area (Å²) in [6.07, 6.45) is 8.68. The predicted molar refractivity (Wildman–Crippen MR) is 114 cm³/mol. The molecule has 0 aliphatic heterocycles. The first-order valence-corrected chi connectivity index (χ1v) is 11.9. The first kappa shape index (κ1) is 20.7. The van der Waals surface area contributed by atoms with E-state index in [9.17, 15) is 8.42 Å². The summed E-state index contributed by atoms with van der Waals surface area (Å²) in [6, 6.07) is 8.81. The summed E-state index contributed by atoms with van der Waals surface area (Å²) in [5.74, 6) is 0. The number of sulfonamides is 1. The van der Waals surface area contributed by atoms with Crippen LogP contribution in [0.5, 0.6) is 0 Å². The smallest absolute Gasteiger partial charge is 0.217 e. The summed E-state index contributed by atoms with van der Waals surface area (Å²) < 4.78 is 27.6. The molecule has 0 radical (unpaired) electrons. The van der Waals surface area contributed by atoms with Crippen LogP contribution in [0.2, 0.25) is 0 Å². The number of benzene rings is 1. The van der Waals surface area contributed by atoms with Crippen LogP contribution in [0.25, 0.3) is 0 Å². The standard InChI is InChI=1S/C22H36N2O2S/c1-5-6-7-18-8-10-19(11-9-18)23-17-21-12-14-22(16-21,15-13-21)24-27(25,26)20(2,3)4/h8-11,23-24H,5-7,12-17H2,1-4H3. The first-order chi connectivity index (χ1) is 12.6. The Hall–Kier alpha value is -1.07. The Morgan fingerprint density at radius 3 is 2.22 bits per heavy atom. The summed E-state index contributed by atoms with van der Waals surface area (Å²) >= 11 is 0. The highest BCUT2D eigenvalue weighted by Crippen LogP contribution is 2.56. The van der Waals surface area contributed by atoms with Gasteiger partial charge in [0, 0.05) is 17.8 Å². The SMILES string of the molecule is CCCCc1ccc(NCC23CCC(NS(=O)(=O)C(C)(C)C)(CC2)C3)cc1. The maximum absolute atomic E-state index is 12.7. The van der Waals surface area contributed by atoms with Gasteiger partial charge >= 0.3 is 0 Å². The fourth-order valence-corrected chi connectivity index (χ4v) is 5.76. The van der Waals surface area contributed by atoms with Crippen molar-refractivity contribution in [3.63, 3.8) is 0 Å². The molecule has 2 aliphatic rings. The average Bonchev–Trinajstić information content (AvgIpc) is 3.13.